The maximum Gasteiger partial charge on any atom is 0.248 e. The number of halogens is 1. The van der Waals surface area contributed by atoms with E-state index in [-0.39, 0.29) is 17.2 Å². The van der Waals surface area contributed by atoms with Gasteiger partial charge in [0.15, 0.2) is 0 Å². The molecule has 0 atom stereocenters. The number of rotatable bonds is 4. The molecule has 0 radical (unpaired) electrons. The summed E-state index contributed by atoms with van der Waals surface area (Å²) in [4.78, 5) is 23.3. The van der Waals surface area contributed by atoms with Crippen molar-refractivity contribution in [3.8, 4) is 0 Å². The molecule has 2 N–H and O–H groups in total. The number of carbonyl (C=O) groups excluding carboxylic acids is 2. The summed E-state index contributed by atoms with van der Waals surface area (Å²) < 4.78 is 0. The highest BCUT2D eigenvalue weighted by atomic mass is 35.5. The normalized spacial score (nSPS) is 11.4. The van der Waals surface area contributed by atoms with Gasteiger partial charge in [0.1, 0.15) is 0 Å². The Balaban J connectivity index is 2.06. The molecule has 26 heavy (non-hydrogen) atoms. The molecule has 2 rings (SSSR count). The summed E-state index contributed by atoms with van der Waals surface area (Å²) in [6.45, 7) is 7.89. The molecule has 0 bridgehead atoms. The van der Waals surface area contributed by atoms with Crippen LogP contribution in [-0.2, 0) is 15.0 Å². The lowest BCUT2D eigenvalue weighted by Gasteiger charge is -2.18. The smallest absolute Gasteiger partial charge is 0.248 e. The SMILES string of the molecule is CC(=O)Nc1ccc(Cl)c(NC(=O)C=Cc2ccc(C(C)(C)C)cc2)c1. The van der Waals surface area contributed by atoms with Crippen molar-refractivity contribution < 1.29 is 9.59 Å². The predicted molar refractivity (Wildman–Crippen MR) is 109 cm³/mol. The van der Waals surface area contributed by atoms with Crippen molar-refractivity contribution >= 4 is 40.9 Å². The standard InChI is InChI=1S/C21H23ClN2O2/c1-14(25)23-17-10-11-18(22)19(13-17)24-20(26)12-7-15-5-8-16(9-6-15)21(2,3)4/h5-13H,1-4H3,(H,23,25)(H,24,26). The van der Waals surface area contributed by atoms with Gasteiger partial charge >= 0.3 is 0 Å². The summed E-state index contributed by atoms with van der Waals surface area (Å²) in [6.07, 6.45) is 3.20. The zero-order chi connectivity index (χ0) is 19.3. The Morgan fingerprint density at radius 3 is 2.23 bits per heavy atom. The van der Waals surface area contributed by atoms with E-state index in [2.05, 4.69) is 43.5 Å². The van der Waals surface area contributed by atoms with E-state index in [1.807, 2.05) is 12.1 Å². The van der Waals surface area contributed by atoms with Gasteiger partial charge < -0.3 is 10.6 Å². The molecule has 136 valence electrons. The van der Waals surface area contributed by atoms with Crippen LogP contribution in [-0.4, -0.2) is 11.8 Å². The Hall–Kier alpha value is -2.59. The maximum absolute atomic E-state index is 12.2. The van der Waals surface area contributed by atoms with Gasteiger partial charge in [-0.25, -0.2) is 0 Å². The van der Waals surface area contributed by atoms with Gasteiger partial charge in [-0.2, -0.15) is 0 Å². The summed E-state index contributed by atoms with van der Waals surface area (Å²) >= 11 is 6.10. The Morgan fingerprint density at radius 2 is 1.65 bits per heavy atom. The summed E-state index contributed by atoms with van der Waals surface area (Å²) in [5.41, 5.74) is 3.27. The molecule has 2 amide bonds. The molecule has 0 saturated carbocycles. The molecule has 0 saturated heterocycles. The average molecular weight is 371 g/mol. The number of hydrogen-bond donors (Lipinski definition) is 2. The Morgan fingerprint density at radius 1 is 1.00 bits per heavy atom. The molecule has 0 spiro atoms. The van der Waals surface area contributed by atoms with E-state index in [9.17, 15) is 9.59 Å². The third kappa shape index (κ3) is 5.74. The first-order chi connectivity index (χ1) is 12.1. The van der Waals surface area contributed by atoms with Crippen molar-refractivity contribution in [2.24, 2.45) is 0 Å². The quantitative estimate of drug-likeness (QED) is 0.722. The van der Waals surface area contributed by atoms with E-state index < -0.39 is 0 Å². The first kappa shape index (κ1) is 19.7. The second kappa shape index (κ2) is 8.19. The summed E-state index contributed by atoms with van der Waals surface area (Å²) in [6, 6.07) is 13.0. The summed E-state index contributed by atoms with van der Waals surface area (Å²) in [5, 5.41) is 5.77. The van der Waals surface area contributed by atoms with Crippen LogP contribution in [0.2, 0.25) is 5.02 Å². The fraction of sp³-hybridized carbons (Fsp3) is 0.238. The second-order valence-electron chi connectivity index (χ2n) is 7.07. The van der Waals surface area contributed by atoms with E-state index in [0.29, 0.717) is 16.4 Å². The first-order valence-corrected chi connectivity index (χ1v) is 8.70. The van der Waals surface area contributed by atoms with Crippen molar-refractivity contribution in [2.45, 2.75) is 33.1 Å². The predicted octanol–water partition coefficient (Wildman–Crippen LogP) is 5.25. The minimum atomic E-state index is -0.299. The highest BCUT2D eigenvalue weighted by molar-refractivity contribution is 6.34. The van der Waals surface area contributed by atoms with Gasteiger partial charge in [0.05, 0.1) is 10.7 Å². The fourth-order valence-electron chi connectivity index (χ4n) is 2.34. The van der Waals surface area contributed by atoms with E-state index in [4.69, 9.17) is 11.6 Å². The molecule has 2 aromatic rings. The largest absolute Gasteiger partial charge is 0.326 e. The molecule has 4 nitrogen and oxygen atoms in total. The third-order valence-corrected chi connectivity index (χ3v) is 4.08. The highest BCUT2D eigenvalue weighted by Crippen LogP contribution is 2.26. The molecular weight excluding hydrogens is 348 g/mol. The Kier molecular flexibility index (Phi) is 6.22. The van der Waals surface area contributed by atoms with Crippen LogP contribution < -0.4 is 10.6 Å². The van der Waals surface area contributed by atoms with Gasteiger partial charge in [-0.05, 0) is 40.8 Å². The minimum Gasteiger partial charge on any atom is -0.326 e. The monoisotopic (exact) mass is 370 g/mol. The number of nitrogens with one attached hydrogen (secondary N) is 2. The second-order valence-corrected chi connectivity index (χ2v) is 7.48. The van der Waals surface area contributed by atoms with Crippen LogP contribution in [0.15, 0.2) is 48.5 Å². The van der Waals surface area contributed by atoms with Gasteiger partial charge in [0.25, 0.3) is 0 Å². The zero-order valence-corrected chi connectivity index (χ0v) is 16.1. The molecule has 0 aliphatic carbocycles. The van der Waals surface area contributed by atoms with Crippen molar-refractivity contribution in [3.63, 3.8) is 0 Å². The summed E-state index contributed by atoms with van der Waals surface area (Å²) in [5.74, 6) is -0.491. The topological polar surface area (TPSA) is 58.2 Å². The van der Waals surface area contributed by atoms with Gasteiger partial charge in [-0.15, -0.1) is 0 Å². The van der Waals surface area contributed by atoms with Gasteiger partial charge in [-0.1, -0.05) is 56.6 Å². The summed E-state index contributed by atoms with van der Waals surface area (Å²) in [7, 11) is 0. The van der Waals surface area contributed by atoms with E-state index >= 15 is 0 Å². The zero-order valence-electron chi connectivity index (χ0n) is 15.4. The fourth-order valence-corrected chi connectivity index (χ4v) is 2.51. The number of amides is 2. The molecule has 5 heteroatoms. The number of anilines is 2. The lowest BCUT2D eigenvalue weighted by molar-refractivity contribution is -0.114. The molecule has 0 heterocycles. The molecular formula is C21H23ClN2O2. The number of carbonyl (C=O) groups is 2. The van der Waals surface area contributed by atoms with Gasteiger partial charge in [-0.3, -0.25) is 9.59 Å². The van der Waals surface area contributed by atoms with Crippen molar-refractivity contribution in [3.05, 3.63) is 64.7 Å². The molecule has 0 fully saturated rings. The van der Waals surface area contributed by atoms with Crippen LogP contribution >= 0.6 is 11.6 Å². The Labute approximate surface area is 159 Å². The molecule has 0 unspecified atom stereocenters. The van der Waals surface area contributed by atoms with Crippen molar-refractivity contribution in [2.75, 3.05) is 10.6 Å². The number of benzene rings is 2. The lowest BCUT2D eigenvalue weighted by atomic mass is 9.87. The van der Waals surface area contributed by atoms with Crippen molar-refractivity contribution in [1.82, 2.24) is 0 Å². The van der Waals surface area contributed by atoms with Crippen LogP contribution in [0.1, 0.15) is 38.8 Å². The van der Waals surface area contributed by atoms with Crippen LogP contribution in [0.4, 0.5) is 11.4 Å². The number of hydrogen-bond acceptors (Lipinski definition) is 2. The van der Waals surface area contributed by atoms with Crippen LogP contribution in [0.25, 0.3) is 6.08 Å². The van der Waals surface area contributed by atoms with Crippen LogP contribution in [0.5, 0.6) is 0 Å². The minimum absolute atomic E-state index is 0.0926. The molecule has 0 aromatic heterocycles. The van der Waals surface area contributed by atoms with E-state index in [1.165, 1.54) is 18.6 Å². The molecule has 0 aliphatic rings. The van der Waals surface area contributed by atoms with Crippen LogP contribution in [0, 0.1) is 0 Å². The molecule has 2 aromatic carbocycles. The molecule has 0 aliphatic heterocycles. The van der Waals surface area contributed by atoms with E-state index in [0.717, 1.165) is 5.56 Å². The first-order valence-electron chi connectivity index (χ1n) is 8.32. The maximum atomic E-state index is 12.2. The average Bonchev–Trinajstić information content (AvgIpc) is 2.55. The van der Waals surface area contributed by atoms with Crippen molar-refractivity contribution in [1.29, 1.82) is 0 Å². The lowest BCUT2D eigenvalue weighted by Crippen LogP contribution is -2.10. The highest BCUT2D eigenvalue weighted by Gasteiger charge is 2.12. The van der Waals surface area contributed by atoms with Crippen LogP contribution in [0.3, 0.4) is 0 Å². The Bertz CT molecular complexity index is 834. The van der Waals surface area contributed by atoms with E-state index in [1.54, 1.807) is 24.3 Å². The third-order valence-electron chi connectivity index (χ3n) is 3.75. The van der Waals surface area contributed by atoms with Gasteiger partial charge in [0, 0.05) is 18.7 Å². The van der Waals surface area contributed by atoms with Gasteiger partial charge in [0.2, 0.25) is 11.8 Å².